The van der Waals surface area contributed by atoms with Crippen molar-refractivity contribution in [3.05, 3.63) is 64.5 Å². The van der Waals surface area contributed by atoms with Crippen molar-refractivity contribution in [3.63, 3.8) is 0 Å². The highest BCUT2D eigenvalue weighted by atomic mass is 32.2. The fraction of sp³-hybridized carbons (Fsp3) is 0.250. The molecule has 0 aliphatic carbocycles. The molecule has 0 unspecified atom stereocenters. The van der Waals surface area contributed by atoms with Crippen LogP contribution in [0.15, 0.2) is 52.4 Å². The van der Waals surface area contributed by atoms with Crippen LogP contribution in [-0.2, 0) is 9.53 Å². The molecule has 0 amide bonds. The Labute approximate surface area is 164 Å². The van der Waals surface area contributed by atoms with E-state index in [0.717, 1.165) is 22.4 Å². The van der Waals surface area contributed by atoms with Gasteiger partial charge in [-0.05, 0) is 45.0 Å². The average molecular weight is 404 g/mol. The number of benzene rings is 2. The van der Waals surface area contributed by atoms with Gasteiger partial charge in [-0.25, -0.2) is 13.8 Å². The summed E-state index contributed by atoms with van der Waals surface area (Å²) in [5.41, 5.74) is -0.894. The predicted molar refractivity (Wildman–Crippen MR) is 104 cm³/mol. The van der Waals surface area contributed by atoms with Gasteiger partial charge in [0.2, 0.25) is 0 Å². The van der Waals surface area contributed by atoms with Crippen molar-refractivity contribution in [1.82, 2.24) is 9.55 Å². The first-order chi connectivity index (χ1) is 13.2. The average Bonchev–Trinajstić information content (AvgIpc) is 2.60. The lowest BCUT2D eigenvalue weighted by atomic mass is 10.2. The zero-order chi connectivity index (χ0) is 20.5. The minimum Gasteiger partial charge on any atom is -0.459 e. The number of nitrogens with zero attached hydrogens (tertiary/aromatic N) is 2. The van der Waals surface area contributed by atoms with Crippen LogP contribution < -0.4 is 5.56 Å². The predicted octanol–water partition coefficient (Wildman–Crippen LogP) is 4.10. The molecule has 0 aliphatic heterocycles. The molecule has 1 aromatic heterocycles. The van der Waals surface area contributed by atoms with Gasteiger partial charge in [-0.15, -0.1) is 0 Å². The second kappa shape index (κ2) is 7.71. The van der Waals surface area contributed by atoms with E-state index in [0.29, 0.717) is 11.6 Å². The van der Waals surface area contributed by atoms with Gasteiger partial charge in [0.15, 0.2) is 5.16 Å². The molecule has 146 valence electrons. The second-order valence-electron chi connectivity index (χ2n) is 7.02. The molecule has 28 heavy (non-hydrogen) atoms. The molecule has 0 aliphatic rings. The van der Waals surface area contributed by atoms with E-state index < -0.39 is 28.8 Å². The number of fused-ring (bicyclic) bond motifs is 1. The number of halogens is 2. The van der Waals surface area contributed by atoms with Crippen LogP contribution in [0, 0.1) is 11.6 Å². The quantitative estimate of drug-likeness (QED) is 0.372. The first-order valence-electron chi connectivity index (χ1n) is 8.47. The Morgan fingerprint density at radius 3 is 2.57 bits per heavy atom. The van der Waals surface area contributed by atoms with Gasteiger partial charge in [0.05, 0.1) is 22.3 Å². The molecule has 0 saturated carbocycles. The van der Waals surface area contributed by atoms with E-state index in [2.05, 4.69) is 4.98 Å². The number of ether oxygens (including phenoxy) is 1. The summed E-state index contributed by atoms with van der Waals surface area (Å²) in [5, 5.41) is 0.396. The van der Waals surface area contributed by atoms with Crippen molar-refractivity contribution < 1.29 is 18.3 Å². The molecule has 0 N–H and O–H groups in total. The second-order valence-corrected chi connectivity index (χ2v) is 7.97. The molecule has 0 bridgehead atoms. The number of esters is 1. The maximum Gasteiger partial charge on any atom is 0.316 e. The molecule has 0 atom stereocenters. The standard InChI is InChI=1S/C20H18F2N2O3S/c1-20(2,3)27-17(25)11-28-19-23-15-7-5-4-6-13(15)18(26)24(19)16-9-8-12(21)10-14(16)22/h4-10H,11H2,1-3H3. The summed E-state index contributed by atoms with van der Waals surface area (Å²) in [5.74, 6) is -2.28. The Balaban J connectivity index is 2.10. The molecule has 3 rings (SSSR count). The Morgan fingerprint density at radius 1 is 1.18 bits per heavy atom. The lowest BCUT2D eigenvalue weighted by Gasteiger charge is -2.19. The van der Waals surface area contributed by atoms with Crippen molar-refractivity contribution in [2.45, 2.75) is 31.5 Å². The largest absolute Gasteiger partial charge is 0.459 e. The van der Waals surface area contributed by atoms with Gasteiger partial charge in [-0.2, -0.15) is 0 Å². The minimum absolute atomic E-state index is 0.111. The Hall–Kier alpha value is -2.74. The van der Waals surface area contributed by atoms with E-state index in [4.69, 9.17) is 4.74 Å². The van der Waals surface area contributed by atoms with Crippen molar-refractivity contribution in [3.8, 4) is 5.69 Å². The maximum atomic E-state index is 14.4. The van der Waals surface area contributed by atoms with Gasteiger partial charge < -0.3 is 4.74 Å². The van der Waals surface area contributed by atoms with Crippen molar-refractivity contribution in [2.75, 3.05) is 5.75 Å². The van der Waals surface area contributed by atoms with E-state index in [1.54, 1.807) is 45.0 Å². The van der Waals surface area contributed by atoms with Crippen molar-refractivity contribution in [1.29, 1.82) is 0 Å². The fourth-order valence-corrected chi connectivity index (χ4v) is 3.36. The van der Waals surface area contributed by atoms with Crippen molar-refractivity contribution >= 4 is 28.6 Å². The molecule has 2 aromatic carbocycles. The normalized spacial score (nSPS) is 11.6. The number of carbonyl (C=O) groups is 1. The highest BCUT2D eigenvalue weighted by Crippen LogP contribution is 2.24. The minimum atomic E-state index is -0.904. The summed E-state index contributed by atoms with van der Waals surface area (Å²) in [6.07, 6.45) is 0. The third kappa shape index (κ3) is 4.39. The van der Waals surface area contributed by atoms with Crippen LogP contribution in [0.1, 0.15) is 20.8 Å². The Morgan fingerprint density at radius 2 is 1.89 bits per heavy atom. The van der Waals surface area contributed by atoms with Crippen LogP contribution >= 0.6 is 11.8 Å². The molecule has 0 saturated heterocycles. The van der Waals surface area contributed by atoms with Crippen molar-refractivity contribution in [2.24, 2.45) is 0 Å². The highest BCUT2D eigenvalue weighted by Gasteiger charge is 2.20. The zero-order valence-electron chi connectivity index (χ0n) is 15.5. The SMILES string of the molecule is CC(C)(C)OC(=O)CSc1nc2ccccc2c(=O)n1-c1ccc(F)cc1F. The first-order valence-corrected chi connectivity index (χ1v) is 9.46. The monoisotopic (exact) mass is 404 g/mol. The van der Waals surface area contributed by atoms with Crippen LogP contribution in [-0.4, -0.2) is 26.9 Å². The Bertz CT molecular complexity index is 1110. The first kappa shape index (κ1) is 20.0. The lowest BCUT2D eigenvalue weighted by Crippen LogP contribution is -2.26. The van der Waals surface area contributed by atoms with Gasteiger partial charge in [0.1, 0.15) is 17.2 Å². The van der Waals surface area contributed by atoms with Crippen LogP contribution in [0.5, 0.6) is 0 Å². The molecule has 3 aromatic rings. The third-order valence-electron chi connectivity index (χ3n) is 3.63. The number of para-hydroxylation sites is 1. The van der Waals surface area contributed by atoms with Gasteiger partial charge in [-0.3, -0.25) is 14.2 Å². The summed E-state index contributed by atoms with van der Waals surface area (Å²) in [6, 6.07) is 9.54. The van der Waals surface area contributed by atoms with Gasteiger partial charge in [-0.1, -0.05) is 23.9 Å². The number of aromatic nitrogens is 2. The number of hydrogen-bond acceptors (Lipinski definition) is 5. The Kier molecular flexibility index (Phi) is 5.51. The smallest absolute Gasteiger partial charge is 0.316 e. The van der Waals surface area contributed by atoms with Gasteiger partial charge >= 0.3 is 5.97 Å². The number of rotatable bonds is 4. The molecule has 0 spiro atoms. The van der Waals surface area contributed by atoms with Crippen LogP contribution in [0.4, 0.5) is 8.78 Å². The van der Waals surface area contributed by atoms with E-state index >= 15 is 0 Å². The number of hydrogen-bond donors (Lipinski definition) is 0. The van der Waals surface area contributed by atoms with Gasteiger partial charge in [0.25, 0.3) is 5.56 Å². The molecule has 0 radical (unpaired) electrons. The van der Waals surface area contributed by atoms with E-state index in [9.17, 15) is 18.4 Å². The van der Waals surface area contributed by atoms with E-state index in [1.807, 2.05) is 0 Å². The topological polar surface area (TPSA) is 61.2 Å². The van der Waals surface area contributed by atoms with Crippen LogP contribution in [0.2, 0.25) is 0 Å². The van der Waals surface area contributed by atoms with E-state index in [1.165, 1.54) is 6.07 Å². The highest BCUT2D eigenvalue weighted by molar-refractivity contribution is 7.99. The molecule has 8 heteroatoms. The summed E-state index contributed by atoms with van der Waals surface area (Å²) >= 11 is 0.949. The molecule has 0 fully saturated rings. The number of thioether (sulfide) groups is 1. The van der Waals surface area contributed by atoms with Crippen LogP contribution in [0.3, 0.4) is 0 Å². The van der Waals surface area contributed by atoms with Gasteiger partial charge in [0, 0.05) is 6.07 Å². The lowest BCUT2D eigenvalue weighted by molar-refractivity contribution is -0.151. The summed E-state index contributed by atoms with van der Waals surface area (Å²) < 4.78 is 34.0. The fourth-order valence-electron chi connectivity index (χ4n) is 2.58. The van der Waals surface area contributed by atoms with E-state index in [-0.39, 0.29) is 22.0 Å². The third-order valence-corrected chi connectivity index (χ3v) is 4.55. The number of carbonyl (C=O) groups excluding carboxylic acids is 1. The maximum absolute atomic E-state index is 14.4. The summed E-state index contributed by atoms with van der Waals surface area (Å²) in [7, 11) is 0. The van der Waals surface area contributed by atoms with Crippen LogP contribution in [0.25, 0.3) is 16.6 Å². The molecule has 1 heterocycles. The molecule has 5 nitrogen and oxygen atoms in total. The zero-order valence-corrected chi connectivity index (χ0v) is 16.3. The molecular weight excluding hydrogens is 386 g/mol. The summed E-state index contributed by atoms with van der Waals surface area (Å²) in [6.45, 7) is 5.23. The molecular formula is C20H18F2N2O3S. The summed E-state index contributed by atoms with van der Waals surface area (Å²) in [4.78, 5) is 29.5.